The van der Waals surface area contributed by atoms with Crippen LogP contribution in [0, 0.1) is 0 Å². The molecule has 7 nitrogen and oxygen atoms in total. The molecular formula is C17H16BrN5O2S2. The minimum Gasteiger partial charge on any atom is -0.332 e. The third-order valence-corrected chi connectivity index (χ3v) is 5.25. The van der Waals surface area contributed by atoms with Crippen LogP contribution < -0.4 is 15.8 Å². The van der Waals surface area contributed by atoms with E-state index in [9.17, 15) is 8.42 Å². The van der Waals surface area contributed by atoms with E-state index < -0.39 is 10.0 Å². The van der Waals surface area contributed by atoms with Gasteiger partial charge in [-0.1, -0.05) is 28.1 Å². The molecule has 0 aliphatic rings. The van der Waals surface area contributed by atoms with E-state index in [0.29, 0.717) is 17.3 Å². The van der Waals surface area contributed by atoms with E-state index >= 15 is 0 Å². The molecule has 10 heteroatoms. The molecule has 1 aromatic heterocycles. The number of sulfonamides is 1. The summed E-state index contributed by atoms with van der Waals surface area (Å²) < 4.78 is 25.4. The molecule has 3 aromatic rings. The van der Waals surface area contributed by atoms with Crippen molar-refractivity contribution >= 4 is 54.7 Å². The molecular weight excluding hydrogens is 450 g/mol. The zero-order valence-corrected chi connectivity index (χ0v) is 17.2. The van der Waals surface area contributed by atoms with E-state index in [1.807, 2.05) is 30.5 Å². The van der Waals surface area contributed by atoms with Gasteiger partial charge in [-0.15, -0.1) is 0 Å². The van der Waals surface area contributed by atoms with E-state index in [-0.39, 0.29) is 4.90 Å². The zero-order chi connectivity index (χ0) is 19.4. The Bertz CT molecular complexity index is 1050. The van der Waals surface area contributed by atoms with Crippen LogP contribution in [0.1, 0.15) is 5.56 Å². The Kier molecular flexibility index (Phi) is 5.90. The lowest BCUT2D eigenvalue weighted by Gasteiger charge is -2.09. The van der Waals surface area contributed by atoms with Crippen LogP contribution in [-0.4, -0.2) is 23.3 Å². The molecule has 2 aromatic carbocycles. The first-order chi connectivity index (χ1) is 12.8. The fourth-order valence-electron chi connectivity index (χ4n) is 2.31. The zero-order valence-electron chi connectivity index (χ0n) is 14.0. The van der Waals surface area contributed by atoms with Crippen LogP contribution in [0.25, 0.3) is 0 Å². The molecule has 140 valence electrons. The molecule has 1 heterocycles. The number of hydrogen-bond acceptors (Lipinski definition) is 4. The molecule has 0 unspecified atom stereocenters. The SMILES string of the molecule is NS(=O)(=O)c1ccc(NC(=S)Nc2cnn(Cc3ccc(Br)cc3)c2)cc1. The third kappa shape index (κ3) is 5.60. The predicted molar refractivity (Wildman–Crippen MR) is 113 cm³/mol. The number of nitrogens with one attached hydrogen (secondary N) is 2. The number of aromatic nitrogens is 2. The first kappa shape index (κ1) is 19.5. The van der Waals surface area contributed by atoms with Crippen molar-refractivity contribution in [3.8, 4) is 0 Å². The maximum atomic E-state index is 11.3. The second kappa shape index (κ2) is 8.17. The molecule has 0 bridgehead atoms. The van der Waals surface area contributed by atoms with Crippen molar-refractivity contribution in [2.75, 3.05) is 10.6 Å². The normalized spacial score (nSPS) is 11.2. The van der Waals surface area contributed by atoms with Gasteiger partial charge in [-0.3, -0.25) is 4.68 Å². The van der Waals surface area contributed by atoms with Gasteiger partial charge >= 0.3 is 0 Å². The topological polar surface area (TPSA) is 102 Å². The number of rotatable bonds is 5. The lowest BCUT2D eigenvalue weighted by molar-refractivity contribution is 0.598. The van der Waals surface area contributed by atoms with Gasteiger partial charge < -0.3 is 10.6 Å². The van der Waals surface area contributed by atoms with Gasteiger partial charge in [0.1, 0.15) is 0 Å². The maximum absolute atomic E-state index is 11.3. The number of hydrogen-bond donors (Lipinski definition) is 3. The van der Waals surface area contributed by atoms with Crippen molar-refractivity contribution in [2.24, 2.45) is 5.14 Å². The minimum atomic E-state index is -3.71. The summed E-state index contributed by atoms with van der Waals surface area (Å²) >= 11 is 8.68. The first-order valence-corrected chi connectivity index (χ1v) is 10.5. The van der Waals surface area contributed by atoms with Gasteiger partial charge in [0.2, 0.25) is 10.0 Å². The lowest BCUT2D eigenvalue weighted by atomic mass is 10.2. The summed E-state index contributed by atoms with van der Waals surface area (Å²) in [5, 5.41) is 15.8. The average Bonchev–Trinajstić information content (AvgIpc) is 3.03. The minimum absolute atomic E-state index is 0.0427. The van der Waals surface area contributed by atoms with E-state index in [1.165, 1.54) is 12.1 Å². The van der Waals surface area contributed by atoms with Crippen LogP contribution in [-0.2, 0) is 16.6 Å². The molecule has 0 fully saturated rings. The molecule has 3 rings (SSSR count). The Morgan fingerprint density at radius 1 is 1.07 bits per heavy atom. The van der Waals surface area contributed by atoms with Crippen molar-refractivity contribution < 1.29 is 8.42 Å². The van der Waals surface area contributed by atoms with Crippen molar-refractivity contribution in [1.82, 2.24) is 9.78 Å². The molecule has 27 heavy (non-hydrogen) atoms. The standard InChI is InChI=1S/C17H16BrN5O2S2/c18-13-3-1-12(2-4-13)10-23-11-15(9-20-23)22-17(26)21-14-5-7-16(8-6-14)27(19,24)25/h1-9,11H,10H2,(H2,19,24,25)(H2,21,22,26). The monoisotopic (exact) mass is 465 g/mol. The largest absolute Gasteiger partial charge is 0.332 e. The molecule has 0 amide bonds. The molecule has 0 aliphatic carbocycles. The maximum Gasteiger partial charge on any atom is 0.238 e. The number of halogens is 1. The van der Waals surface area contributed by atoms with Gasteiger partial charge in [-0.05, 0) is 54.2 Å². The fraction of sp³-hybridized carbons (Fsp3) is 0.0588. The second-order valence-electron chi connectivity index (χ2n) is 5.70. The highest BCUT2D eigenvalue weighted by Crippen LogP contribution is 2.15. The van der Waals surface area contributed by atoms with E-state index in [0.717, 1.165) is 15.7 Å². The number of nitrogens with two attached hydrogens (primary N) is 1. The van der Waals surface area contributed by atoms with Crippen LogP contribution >= 0.6 is 28.1 Å². The van der Waals surface area contributed by atoms with Crippen molar-refractivity contribution in [2.45, 2.75) is 11.4 Å². The fourth-order valence-corrected chi connectivity index (χ4v) is 3.33. The van der Waals surface area contributed by atoms with Crippen LogP contribution in [0.5, 0.6) is 0 Å². The highest BCUT2D eigenvalue weighted by Gasteiger charge is 2.07. The molecule has 0 saturated heterocycles. The number of benzene rings is 2. The third-order valence-electron chi connectivity index (χ3n) is 3.59. The second-order valence-corrected chi connectivity index (χ2v) is 8.59. The summed E-state index contributed by atoms with van der Waals surface area (Å²) in [7, 11) is -3.71. The van der Waals surface area contributed by atoms with E-state index in [1.54, 1.807) is 23.0 Å². The summed E-state index contributed by atoms with van der Waals surface area (Å²) in [4.78, 5) is 0.0427. The number of thiocarbonyl (C=S) groups is 1. The Hall–Kier alpha value is -2.27. The molecule has 0 radical (unpaired) electrons. The van der Waals surface area contributed by atoms with Gasteiger partial charge in [-0.25, -0.2) is 13.6 Å². The summed E-state index contributed by atoms with van der Waals surface area (Å²) in [5.41, 5.74) is 2.51. The van der Waals surface area contributed by atoms with Gasteiger partial charge in [0.05, 0.1) is 23.3 Å². The first-order valence-electron chi connectivity index (χ1n) is 7.77. The van der Waals surface area contributed by atoms with Gasteiger partial charge in [0.15, 0.2) is 5.11 Å². The summed E-state index contributed by atoms with van der Waals surface area (Å²) in [6.07, 6.45) is 3.52. The van der Waals surface area contributed by atoms with Crippen LogP contribution in [0.3, 0.4) is 0 Å². The quantitative estimate of drug-likeness (QED) is 0.500. The lowest BCUT2D eigenvalue weighted by Crippen LogP contribution is -2.19. The van der Waals surface area contributed by atoms with Crippen molar-refractivity contribution in [1.29, 1.82) is 0 Å². The molecule has 0 atom stereocenters. The van der Waals surface area contributed by atoms with Crippen LogP contribution in [0.15, 0.2) is 70.3 Å². The highest BCUT2D eigenvalue weighted by atomic mass is 79.9. The van der Waals surface area contributed by atoms with Gasteiger partial charge in [-0.2, -0.15) is 5.10 Å². The Balaban J connectivity index is 1.58. The number of primary sulfonamides is 1. The summed E-state index contributed by atoms with van der Waals surface area (Å²) in [6, 6.07) is 14.0. The van der Waals surface area contributed by atoms with E-state index in [2.05, 4.69) is 31.7 Å². The average molecular weight is 466 g/mol. The number of nitrogens with zero attached hydrogens (tertiary/aromatic N) is 2. The van der Waals surface area contributed by atoms with E-state index in [4.69, 9.17) is 17.4 Å². The van der Waals surface area contributed by atoms with Crippen LogP contribution in [0.2, 0.25) is 0 Å². The Labute approximate surface area is 170 Å². The highest BCUT2D eigenvalue weighted by molar-refractivity contribution is 9.10. The molecule has 0 aliphatic heterocycles. The Morgan fingerprint density at radius 2 is 1.70 bits per heavy atom. The molecule has 0 spiro atoms. The summed E-state index contributed by atoms with van der Waals surface area (Å²) in [5.74, 6) is 0. The number of anilines is 2. The van der Waals surface area contributed by atoms with Crippen LogP contribution in [0.4, 0.5) is 11.4 Å². The van der Waals surface area contributed by atoms with Crippen molar-refractivity contribution in [3.05, 3.63) is 71.0 Å². The molecule has 4 N–H and O–H groups in total. The Morgan fingerprint density at radius 3 is 2.33 bits per heavy atom. The smallest absolute Gasteiger partial charge is 0.238 e. The van der Waals surface area contributed by atoms with Gasteiger partial charge in [0, 0.05) is 16.4 Å². The summed E-state index contributed by atoms with van der Waals surface area (Å²) in [6.45, 7) is 0.643. The van der Waals surface area contributed by atoms with Crippen molar-refractivity contribution in [3.63, 3.8) is 0 Å². The molecule has 0 saturated carbocycles. The van der Waals surface area contributed by atoms with Gasteiger partial charge in [0.25, 0.3) is 0 Å². The predicted octanol–water partition coefficient (Wildman–Crippen LogP) is 3.15.